The first kappa shape index (κ1) is 14.7. The number of aromatic amines is 1. The van der Waals surface area contributed by atoms with Crippen molar-refractivity contribution >= 4 is 11.0 Å². The molecule has 0 saturated heterocycles. The highest BCUT2D eigenvalue weighted by Crippen LogP contribution is 2.26. The maximum absolute atomic E-state index is 6.11. The molecule has 0 aliphatic carbocycles. The number of nitrogens with zero attached hydrogens (tertiary/aromatic N) is 3. The van der Waals surface area contributed by atoms with Crippen LogP contribution >= 0.6 is 0 Å². The second-order valence-electron chi connectivity index (χ2n) is 5.89. The van der Waals surface area contributed by atoms with Crippen molar-refractivity contribution in [2.45, 2.75) is 12.8 Å². The Kier molecular flexibility index (Phi) is 3.63. The molecule has 120 valence electrons. The van der Waals surface area contributed by atoms with Crippen molar-refractivity contribution in [2.24, 2.45) is 5.73 Å². The van der Waals surface area contributed by atoms with Crippen LogP contribution in [0.4, 0.5) is 0 Å². The second-order valence-corrected chi connectivity index (χ2v) is 5.89. The highest BCUT2D eigenvalue weighted by Gasteiger charge is 2.22. The molecule has 0 fully saturated rings. The Hall–Kier alpha value is -2.92. The molecular weight excluding hydrogens is 298 g/mol. The molecule has 3 N–H and O–H groups in total. The van der Waals surface area contributed by atoms with Crippen LogP contribution in [0.1, 0.15) is 23.1 Å². The number of rotatable bonds is 4. The second kappa shape index (κ2) is 5.94. The highest BCUT2D eigenvalue weighted by atomic mass is 15.3. The van der Waals surface area contributed by atoms with Gasteiger partial charge in [0.05, 0.1) is 34.0 Å². The molecule has 0 amide bonds. The largest absolute Gasteiger partial charge is 0.341 e. The van der Waals surface area contributed by atoms with E-state index in [1.807, 2.05) is 66.2 Å². The minimum atomic E-state index is -0.0428. The molecule has 0 spiro atoms. The van der Waals surface area contributed by atoms with Crippen LogP contribution in [0.15, 0.2) is 60.7 Å². The minimum Gasteiger partial charge on any atom is -0.341 e. The molecule has 0 bridgehead atoms. The fourth-order valence-corrected chi connectivity index (χ4v) is 3.05. The average Bonchev–Trinajstić information content (AvgIpc) is 3.20. The Labute approximate surface area is 140 Å². The lowest BCUT2D eigenvalue weighted by molar-refractivity contribution is 0.691. The number of imidazole rings is 1. The van der Waals surface area contributed by atoms with Gasteiger partial charge in [-0.1, -0.05) is 30.3 Å². The van der Waals surface area contributed by atoms with Gasteiger partial charge in [0.2, 0.25) is 0 Å². The van der Waals surface area contributed by atoms with Crippen molar-refractivity contribution in [3.05, 3.63) is 77.9 Å². The van der Waals surface area contributed by atoms with Gasteiger partial charge < -0.3 is 10.7 Å². The Balaban J connectivity index is 1.84. The molecule has 4 rings (SSSR count). The molecule has 24 heavy (non-hydrogen) atoms. The van der Waals surface area contributed by atoms with Crippen molar-refractivity contribution in [1.29, 1.82) is 0 Å². The van der Waals surface area contributed by atoms with Crippen molar-refractivity contribution in [1.82, 2.24) is 19.7 Å². The summed E-state index contributed by atoms with van der Waals surface area (Å²) in [5.41, 5.74) is 11.1. The zero-order chi connectivity index (χ0) is 16.5. The van der Waals surface area contributed by atoms with Crippen LogP contribution in [0.25, 0.3) is 16.7 Å². The lowest BCUT2D eigenvalue weighted by atomic mass is 10.0. The Bertz CT molecular complexity index is 935. The number of para-hydroxylation sites is 3. The van der Waals surface area contributed by atoms with Gasteiger partial charge in [0.1, 0.15) is 5.82 Å². The normalized spacial score (nSPS) is 12.6. The molecule has 0 radical (unpaired) electrons. The molecule has 2 aromatic heterocycles. The summed E-state index contributed by atoms with van der Waals surface area (Å²) in [6.45, 7) is 2.45. The Morgan fingerprint density at radius 2 is 1.83 bits per heavy atom. The predicted molar refractivity (Wildman–Crippen MR) is 95.3 cm³/mol. The van der Waals surface area contributed by atoms with Crippen molar-refractivity contribution < 1.29 is 0 Å². The van der Waals surface area contributed by atoms with Gasteiger partial charge >= 0.3 is 0 Å². The number of benzene rings is 2. The lowest BCUT2D eigenvalue weighted by Gasteiger charge is -2.15. The maximum Gasteiger partial charge on any atom is 0.117 e. The first-order chi connectivity index (χ1) is 11.8. The first-order valence-corrected chi connectivity index (χ1v) is 8.03. The lowest BCUT2D eigenvalue weighted by Crippen LogP contribution is -2.18. The molecule has 0 saturated carbocycles. The van der Waals surface area contributed by atoms with Crippen LogP contribution in [0.3, 0.4) is 0 Å². The number of nitrogens with two attached hydrogens (primary N) is 1. The van der Waals surface area contributed by atoms with E-state index in [-0.39, 0.29) is 5.92 Å². The van der Waals surface area contributed by atoms with Crippen LogP contribution in [-0.2, 0) is 0 Å². The van der Waals surface area contributed by atoms with E-state index in [1.54, 1.807) is 0 Å². The third-order valence-corrected chi connectivity index (χ3v) is 4.19. The zero-order valence-electron chi connectivity index (χ0n) is 13.5. The number of aryl methyl sites for hydroxylation is 1. The van der Waals surface area contributed by atoms with Gasteiger partial charge in [-0.2, -0.15) is 5.10 Å². The molecular formula is C19H19N5. The van der Waals surface area contributed by atoms with Crippen LogP contribution < -0.4 is 5.73 Å². The molecule has 5 heteroatoms. The van der Waals surface area contributed by atoms with Gasteiger partial charge in [0.15, 0.2) is 0 Å². The fourth-order valence-electron chi connectivity index (χ4n) is 3.05. The fraction of sp³-hybridized carbons (Fsp3) is 0.158. The number of fused-ring (bicyclic) bond motifs is 1. The van der Waals surface area contributed by atoms with Crippen molar-refractivity contribution in [3.63, 3.8) is 0 Å². The summed E-state index contributed by atoms with van der Waals surface area (Å²) in [6, 6.07) is 20.2. The number of hydrogen-bond acceptors (Lipinski definition) is 3. The summed E-state index contributed by atoms with van der Waals surface area (Å²) >= 11 is 0. The maximum atomic E-state index is 6.11. The first-order valence-electron chi connectivity index (χ1n) is 8.03. The summed E-state index contributed by atoms with van der Waals surface area (Å²) in [7, 11) is 0. The number of hydrogen-bond donors (Lipinski definition) is 2. The van der Waals surface area contributed by atoms with E-state index in [9.17, 15) is 0 Å². The van der Waals surface area contributed by atoms with Crippen molar-refractivity contribution in [3.8, 4) is 5.69 Å². The van der Waals surface area contributed by atoms with Gasteiger partial charge in [0, 0.05) is 6.54 Å². The van der Waals surface area contributed by atoms with Crippen LogP contribution in [0.2, 0.25) is 0 Å². The molecule has 1 atom stereocenters. The topological polar surface area (TPSA) is 72.5 Å². The van der Waals surface area contributed by atoms with E-state index in [0.717, 1.165) is 33.9 Å². The van der Waals surface area contributed by atoms with Gasteiger partial charge in [-0.25, -0.2) is 9.67 Å². The smallest absolute Gasteiger partial charge is 0.117 e. The summed E-state index contributed by atoms with van der Waals surface area (Å²) in [5, 5.41) is 4.65. The van der Waals surface area contributed by atoms with Gasteiger partial charge in [-0.05, 0) is 37.3 Å². The summed E-state index contributed by atoms with van der Waals surface area (Å²) in [6.07, 6.45) is 0. The number of H-pyrrole nitrogens is 1. The molecule has 1 unspecified atom stereocenters. The Morgan fingerprint density at radius 3 is 2.58 bits per heavy atom. The summed E-state index contributed by atoms with van der Waals surface area (Å²) < 4.78 is 1.96. The van der Waals surface area contributed by atoms with Crippen LogP contribution in [-0.4, -0.2) is 26.3 Å². The van der Waals surface area contributed by atoms with Crippen LogP contribution in [0, 0.1) is 6.92 Å². The average molecular weight is 317 g/mol. The third-order valence-electron chi connectivity index (χ3n) is 4.19. The molecule has 2 heterocycles. The Morgan fingerprint density at radius 1 is 1.08 bits per heavy atom. The molecule has 2 aromatic carbocycles. The number of nitrogens with one attached hydrogen (secondary N) is 1. The van der Waals surface area contributed by atoms with E-state index in [2.05, 4.69) is 16.1 Å². The van der Waals surface area contributed by atoms with Gasteiger partial charge in [0.25, 0.3) is 0 Å². The van der Waals surface area contributed by atoms with E-state index in [1.165, 1.54) is 0 Å². The monoisotopic (exact) mass is 317 g/mol. The minimum absolute atomic E-state index is 0.0428. The van der Waals surface area contributed by atoms with E-state index >= 15 is 0 Å². The van der Waals surface area contributed by atoms with E-state index < -0.39 is 0 Å². The molecule has 0 aliphatic rings. The molecule has 5 nitrogen and oxygen atoms in total. The standard InChI is InChI=1S/C19H19N5/c1-13-11-18(24(23-13)14-7-3-2-4-8-14)15(12-20)19-21-16-9-5-6-10-17(16)22-19/h2-11,15H,12,20H2,1H3,(H,21,22). The third kappa shape index (κ3) is 2.49. The number of aromatic nitrogens is 4. The van der Waals surface area contributed by atoms with Crippen molar-refractivity contribution in [2.75, 3.05) is 6.54 Å². The van der Waals surface area contributed by atoms with Gasteiger partial charge in [-0.15, -0.1) is 0 Å². The van der Waals surface area contributed by atoms with Gasteiger partial charge in [-0.3, -0.25) is 0 Å². The van der Waals surface area contributed by atoms with E-state index in [4.69, 9.17) is 10.7 Å². The quantitative estimate of drug-likeness (QED) is 0.607. The summed E-state index contributed by atoms with van der Waals surface area (Å²) in [5.74, 6) is 0.828. The predicted octanol–water partition coefficient (Wildman–Crippen LogP) is 3.15. The molecule has 4 aromatic rings. The highest BCUT2D eigenvalue weighted by molar-refractivity contribution is 5.75. The van der Waals surface area contributed by atoms with E-state index in [0.29, 0.717) is 6.54 Å². The summed E-state index contributed by atoms with van der Waals surface area (Å²) in [4.78, 5) is 8.13. The molecule has 0 aliphatic heterocycles. The zero-order valence-corrected chi connectivity index (χ0v) is 13.5. The SMILES string of the molecule is Cc1cc(C(CN)c2nc3ccccc3[nH]2)n(-c2ccccc2)n1. The van der Waals surface area contributed by atoms with Crippen LogP contribution in [0.5, 0.6) is 0 Å².